The minimum absolute atomic E-state index is 0.216. The zero-order valence-corrected chi connectivity index (χ0v) is 14.1. The number of nitrogens with zero attached hydrogens (tertiary/aromatic N) is 1. The Morgan fingerprint density at radius 3 is 2.32 bits per heavy atom. The average Bonchev–Trinajstić information content (AvgIpc) is 3.34. The number of aliphatic hydroxyl groups excluding tert-OH is 1. The molecule has 0 bridgehead atoms. The van der Waals surface area contributed by atoms with Crippen molar-refractivity contribution in [2.75, 3.05) is 0 Å². The van der Waals surface area contributed by atoms with Crippen LogP contribution in [0.15, 0.2) is 59.1 Å². The van der Waals surface area contributed by atoms with E-state index in [0.717, 1.165) is 41.0 Å². The fraction of sp³-hybridized carbons (Fsp3) is 0.286. The minimum Gasteiger partial charge on any atom is -0.508 e. The second-order valence-corrected chi connectivity index (χ2v) is 6.73. The molecule has 25 heavy (non-hydrogen) atoms. The molecule has 0 aliphatic heterocycles. The van der Waals surface area contributed by atoms with E-state index >= 15 is 0 Å². The number of hydrogen-bond acceptors (Lipinski definition) is 4. The Balaban J connectivity index is 1.91. The number of rotatable bonds is 5. The topological polar surface area (TPSA) is 66.5 Å². The van der Waals surface area contributed by atoms with E-state index in [2.05, 4.69) is 5.16 Å². The summed E-state index contributed by atoms with van der Waals surface area (Å²) in [5.41, 5.74) is 3.26. The Morgan fingerprint density at radius 1 is 1.04 bits per heavy atom. The van der Waals surface area contributed by atoms with Crippen LogP contribution in [-0.2, 0) is 5.41 Å². The van der Waals surface area contributed by atoms with Gasteiger partial charge in [0.2, 0.25) is 0 Å². The Morgan fingerprint density at radius 2 is 1.72 bits per heavy atom. The van der Waals surface area contributed by atoms with Crippen molar-refractivity contribution in [3.8, 4) is 28.1 Å². The molecule has 1 fully saturated rings. The summed E-state index contributed by atoms with van der Waals surface area (Å²) >= 11 is 0. The Labute approximate surface area is 146 Å². The first-order valence-corrected chi connectivity index (χ1v) is 8.69. The molecule has 1 aromatic heterocycles. The quantitative estimate of drug-likeness (QED) is 0.719. The summed E-state index contributed by atoms with van der Waals surface area (Å²) < 4.78 is 5.81. The van der Waals surface area contributed by atoms with Crippen molar-refractivity contribution >= 4 is 0 Å². The summed E-state index contributed by atoms with van der Waals surface area (Å²) in [7, 11) is 0. The summed E-state index contributed by atoms with van der Waals surface area (Å²) in [6.45, 7) is 1.99. The third-order valence-corrected chi connectivity index (χ3v) is 5.16. The van der Waals surface area contributed by atoms with Crippen molar-refractivity contribution in [1.29, 1.82) is 0 Å². The maximum absolute atomic E-state index is 10.6. The third kappa shape index (κ3) is 2.63. The van der Waals surface area contributed by atoms with E-state index in [-0.39, 0.29) is 11.2 Å². The second-order valence-electron chi connectivity index (χ2n) is 6.73. The van der Waals surface area contributed by atoms with Crippen molar-refractivity contribution in [1.82, 2.24) is 5.16 Å². The van der Waals surface area contributed by atoms with Crippen LogP contribution in [0.4, 0.5) is 0 Å². The first kappa shape index (κ1) is 15.9. The van der Waals surface area contributed by atoms with Crippen molar-refractivity contribution in [3.63, 3.8) is 0 Å². The third-order valence-electron chi connectivity index (χ3n) is 5.16. The van der Waals surface area contributed by atoms with E-state index in [1.54, 1.807) is 12.1 Å². The highest BCUT2D eigenvalue weighted by Crippen LogP contribution is 2.56. The van der Waals surface area contributed by atoms with E-state index in [0.29, 0.717) is 6.42 Å². The van der Waals surface area contributed by atoms with Crippen LogP contribution in [0.25, 0.3) is 22.4 Å². The van der Waals surface area contributed by atoms with Gasteiger partial charge < -0.3 is 14.7 Å². The lowest BCUT2D eigenvalue weighted by Crippen LogP contribution is -2.25. The van der Waals surface area contributed by atoms with E-state index < -0.39 is 6.10 Å². The van der Waals surface area contributed by atoms with Gasteiger partial charge in [0.1, 0.15) is 11.4 Å². The van der Waals surface area contributed by atoms with E-state index in [1.165, 1.54) is 0 Å². The zero-order chi connectivity index (χ0) is 17.4. The van der Waals surface area contributed by atoms with Gasteiger partial charge in [-0.3, -0.25) is 0 Å². The first-order valence-electron chi connectivity index (χ1n) is 8.69. The van der Waals surface area contributed by atoms with Gasteiger partial charge in [-0.1, -0.05) is 42.4 Å². The summed E-state index contributed by atoms with van der Waals surface area (Å²) in [6.07, 6.45) is 2.07. The highest BCUT2D eigenvalue weighted by molar-refractivity contribution is 5.83. The molecule has 128 valence electrons. The molecule has 1 aliphatic carbocycles. The zero-order valence-electron chi connectivity index (χ0n) is 14.1. The van der Waals surface area contributed by atoms with Crippen LogP contribution >= 0.6 is 0 Å². The normalized spacial score (nSPS) is 16.6. The lowest BCUT2D eigenvalue weighted by Gasteiger charge is -2.19. The van der Waals surface area contributed by atoms with Crippen molar-refractivity contribution in [3.05, 3.63) is 60.4 Å². The number of benzene rings is 2. The Bertz CT molecular complexity index is 864. The molecular formula is C21H21NO3. The lowest BCUT2D eigenvalue weighted by molar-refractivity contribution is 0.113. The number of aromatic hydroxyl groups is 1. The van der Waals surface area contributed by atoms with Crippen LogP contribution in [-0.4, -0.2) is 21.5 Å². The molecule has 1 aliphatic rings. The van der Waals surface area contributed by atoms with Crippen LogP contribution in [0.2, 0.25) is 0 Å². The molecule has 4 heteroatoms. The van der Waals surface area contributed by atoms with Gasteiger partial charge in [0.25, 0.3) is 0 Å². The van der Waals surface area contributed by atoms with Gasteiger partial charge in [-0.25, -0.2) is 0 Å². The van der Waals surface area contributed by atoms with Crippen molar-refractivity contribution in [2.24, 2.45) is 0 Å². The molecule has 4 nitrogen and oxygen atoms in total. The summed E-state index contributed by atoms with van der Waals surface area (Å²) in [6, 6.07) is 17.0. The molecule has 3 aromatic rings. The van der Waals surface area contributed by atoms with Gasteiger partial charge in [-0.15, -0.1) is 0 Å². The molecule has 0 unspecified atom stereocenters. The molecule has 4 rings (SSSR count). The second kappa shape index (κ2) is 6.05. The first-order chi connectivity index (χ1) is 12.2. The van der Waals surface area contributed by atoms with E-state index in [1.807, 2.05) is 49.4 Å². The molecule has 1 atom stereocenters. The fourth-order valence-electron chi connectivity index (χ4n) is 3.56. The van der Waals surface area contributed by atoms with Crippen molar-refractivity contribution in [2.45, 2.75) is 37.7 Å². The molecule has 2 aromatic carbocycles. The van der Waals surface area contributed by atoms with Gasteiger partial charge in [0, 0.05) is 5.56 Å². The minimum atomic E-state index is -0.435. The highest BCUT2D eigenvalue weighted by Gasteiger charge is 2.54. The molecule has 0 amide bonds. The summed E-state index contributed by atoms with van der Waals surface area (Å²) in [5, 5.41) is 24.5. The predicted octanol–water partition coefficient (Wildman–Crippen LogP) is 4.52. The molecule has 1 heterocycles. The fourth-order valence-corrected chi connectivity index (χ4v) is 3.56. The van der Waals surface area contributed by atoms with Gasteiger partial charge in [0.15, 0.2) is 5.76 Å². The number of phenolic OH excluding ortho intramolecular Hbond substituents is 1. The molecule has 1 saturated carbocycles. The van der Waals surface area contributed by atoms with Crippen LogP contribution < -0.4 is 0 Å². The Kier molecular flexibility index (Phi) is 3.85. The summed E-state index contributed by atoms with van der Waals surface area (Å²) in [4.78, 5) is 0. The van der Waals surface area contributed by atoms with Crippen molar-refractivity contribution < 1.29 is 14.7 Å². The number of hydrogen-bond donors (Lipinski definition) is 2. The van der Waals surface area contributed by atoms with Gasteiger partial charge >= 0.3 is 0 Å². The van der Waals surface area contributed by atoms with Crippen LogP contribution in [0.5, 0.6) is 5.75 Å². The number of phenols is 1. The van der Waals surface area contributed by atoms with Gasteiger partial charge in [-0.05, 0) is 49.1 Å². The van der Waals surface area contributed by atoms with E-state index in [4.69, 9.17) is 4.52 Å². The summed E-state index contributed by atoms with van der Waals surface area (Å²) in [5.74, 6) is 0.991. The number of aliphatic hydroxyl groups is 1. The van der Waals surface area contributed by atoms with Crippen LogP contribution in [0, 0.1) is 0 Å². The van der Waals surface area contributed by atoms with Crippen LogP contribution in [0.3, 0.4) is 0 Å². The SMILES string of the molecule is CC[C@H](O)C1(c2onc(-c3ccc(O)cc3)c2-c2ccccc2)CC1. The maximum atomic E-state index is 10.6. The smallest absolute Gasteiger partial charge is 0.153 e. The average molecular weight is 335 g/mol. The monoisotopic (exact) mass is 335 g/mol. The molecule has 0 saturated heterocycles. The molecule has 0 radical (unpaired) electrons. The van der Waals surface area contributed by atoms with Crippen LogP contribution in [0.1, 0.15) is 31.9 Å². The van der Waals surface area contributed by atoms with E-state index in [9.17, 15) is 10.2 Å². The molecule has 2 N–H and O–H groups in total. The molecule has 0 spiro atoms. The molecular weight excluding hydrogens is 314 g/mol. The largest absolute Gasteiger partial charge is 0.508 e. The van der Waals surface area contributed by atoms with Gasteiger partial charge in [-0.2, -0.15) is 0 Å². The Hall–Kier alpha value is -2.59. The highest BCUT2D eigenvalue weighted by atomic mass is 16.5. The van der Waals surface area contributed by atoms with Gasteiger partial charge in [0.05, 0.1) is 17.1 Å². The predicted molar refractivity (Wildman–Crippen MR) is 96.2 cm³/mol. The number of aromatic nitrogens is 1. The lowest BCUT2D eigenvalue weighted by atomic mass is 9.87. The standard InChI is InChI=1S/C21H21NO3/c1-2-17(24)21(12-13-21)20-18(14-6-4-3-5-7-14)19(22-25-20)15-8-10-16(23)11-9-15/h3-11,17,23-24H,2,12-13H2,1H3/t17-/m0/s1. The maximum Gasteiger partial charge on any atom is 0.153 e.